The van der Waals surface area contributed by atoms with E-state index in [0.717, 1.165) is 38.6 Å². The summed E-state index contributed by atoms with van der Waals surface area (Å²) < 4.78 is 11.5. The maximum Gasteiger partial charge on any atom is 0.336 e. The lowest BCUT2D eigenvalue weighted by Crippen LogP contribution is -1.99. The summed E-state index contributed by atoms with van der Waals surface area (Å²) in [7, 11) is 0. The molecule has 4 aromatic rings. The van der Waals surface area contributed by atoms with Crippen LogP contribution in [0.5, 0.6) is 0 Å². The second-order valence-electron chi connectivity index (χ2n) is 6.13. The van der Waals surface area contributed by atoms with E-state index in [1.165, 1.54) is 6.07 Å². The molecule has 2 heterocycles. The van der Waals surface area contributed by atoms with Crippen LogP contribution in [0.4, 0.5) is 0 Å². The van der Waals surface area contributed by atoms with Gasteiger partial charge in [-0.15, -0.1) is 0 Å². The second-order valence-corrected chi connectivity index (χ2v) is 6.57. The minimum atomic E-state index is -0.387. The van der Waals surface area contributed by atoms with Gasteiger partial charge in [-0.25, -0.2) is 4.79 Å². The van der Waals surface area contributed by atoms with Crippen LogP contribution >= 0.6 is 11.6 Å². The molecular formula is C20H15ClO3. The van der Waals surface area contributed by atoms with Crippen LogP contribution in [0.1, 0.15) is 16.7 Å². The molecule has 4 rings (SSSR count). The third-order valence-corrected chi connectivity index (χ3v) is 4.55. The molecule has 2 aromatic carbocycles. The molecule has 0 atom stereocenters. The lowest BCUT2D eigenvalue weighted by molar-refractivity contribution is 0.557. The van der Waals surface area contributed by atoms with Crippen LogP contribution < -0.4 is 5.63 Å². The number of aryl methyl sites for hydroxylation is 3. The van der Waals surface area contributed by atoms with Crippen molar-refractivity contribution in [1.29, 1.82) is 0 Å². The van der Waals surface area contributed by atoms with Crippen molar-refractivity contribution in [3.63, 3.8) is 0 Å². The van der Waals surface area contributed by atoms with Crippen molar-refractivity contribution in [2.45, 2.75) is 20.8 Å². The van der Waals surface area contributed by atoms with Gasteiger partial charge in [-0.3, -0.25) is 0 Å². The van der Waals surface area contributed by atoms with E-state index < -0.39 is 0 Å². The molecule has 0 amide bonds. The van der Waals surface area contributed by atoms with Crippen LogP contribution in [-0.4, -0.2) is 0 Å². The van der Waals surface area contributed by atoms with Crippen LogP contribution in [0.2, 0.25) is 5.02 Å². The molecule has 0 aliphatic rings. The first-order chi connectivity index (χ1) is 11.4. The monoisotopic (exact) mass is 338 g/mol. The van der Waals surface area contributed by atoms with Gasteiger partial charge in [0.1, 0.15) is 16.9 Å². The number of benzene rings is 2. The van der Waals surface area contributed by atoms with E-state index in [9.17, 15) is 4.79 Å². The predicted molar refractivity (Wildman–Crippen MR) is 96.9 cm³/mol. The Morgan fingerprint density at radius 3 is 2.50 bits per heavy atom. The SMILES string of the molecule is Cc1cc(C)c2oc(=O)cc(-c3oc4ccc(Cl)cc4c3C)c2c1. The third-order valence-electron chi connectivity index (χ3n) is 4.32. The fourth-order valence-electron chi connectivity index (χ4n) is 3.25. The van der Waals surface area contributed by atoms with Crippen molar-refractivity contribution in [1.82, 2.24) is 0 Å². The number of furan rings is 1. The Kier molecular flexibility index (Phi) is 3.29. The fourth-order valence-corrected chi connectivity index (χ4v) is 3.43. The zero-order chi connectivity index (χ0) is 17.0. The molecular weight excluding hydrogens is 324 g/mol. The zero-order valence-corrected chi connectivity index (χ0v) is 14.3. The fraction of sp³-hybridized carbons (Fsp3) is 0.150. The van der Waals surface area contributed by atoms with Crippen molar-refractivity contribution in [2.24, 2.45) is 0 Å². The average Bonchev–Trinajstić information content (AvgIpc) is 2.84. The van der Waals surface area contributed by atoms with Crippen LogP contribution in [0, 0.1) is 20.8 Å². The summed E-state index contributed by atoms with van der Waals surface area (Å²) in [4.78, 5) is 12.1. The van der Waals surface area contributed by atoms with Gasteiger partial charge in [0.25, 0.3) is 0 Å². The number of halogens is 1. The first-order valence-corrected chi connectivity index (χ1v) is 8.06. The van der Waals surface area contributed by atoms with Gasteiger partial charge in [0.2, 0.25) is 0 Å². The predicted octanol–water partition coefficient (Wildman–Crippen LogP) is 5.78. The number of hydrogen-bond acceptors (Lipinski definition) is 3. The molecule has 0 fully saturated rings. The van der Waals surface area contributed by atoms with Gasteiger partial charge in [-0.1, -0.05) is 17.7 Å². The molecule has 0 N–H and O–H groups in total. The lowest BCUT2D eigenvalue weighted by atomic mass is 10.00. The molecule has 2 aromatic heterocycles. The summed E-state index contributed by atoms with van der Waals surface area (Å²) in [6, 6.07) is 11.0. The summed E-state index contributed by atoms with van der Waals surface area (Å²) in [5, 5.41) is 2.48. The molecule has 0 saturated carbocycles. The van der Waals surface area contributed by atoms with Gasteiger partial charge in [-0.2, -0.15) is 0 Å². The molecule has 0 spiro atoms. The normalized spacial score (nSPS) is 11.5. The maximum absolute atomic E-state index is 12.1. The Labute approximate surface area is 143 Å². The highest BCUT2D eigenvalue weighted by molar-refractivity contribution is 6.31. The summed E-state index contributed by atoms with van der Waals surface area (Å²) in [5.74, 6) is 0.676. The summed E-state index contributed by atoms with van der Waals surface area (Å²) in [6.45, 7) is 5.93. The van der Waals surface area contributed by atoms with Gasteiger partial charge < -0.3 is 8.83 Å². The van der Waals surface area contributed by atoms with Crippen LogP contribution in [0.15, 0.2) is 50.0 Å². The summed E-state index contributed by atoms with van der Waals surface area (Å²) in [5.41, 5.74) is 4.70. The highest BCUT2D eigenvalue weighted by Crippen LogP contribution is 2.37. The number of hydrogen-bond donors (Lipinski definition) is 0. The molecule has 24 heavy (non-hydrogen) atoms. The highest BCUT2D eigenvalue weighted by Gasteiger charge is 2.18. The molecule has 0 saturated heterocycles. The first kappa shape index (κ1) is 15.0. The van der Waals surface area contributed by atoms with Gasteiger partial charge in [0.05, 0.1) is 0 Å². The van der Waals surface area contributed by atoms with Gasteiger partial charge in [0, 0.05) is 33.0 Å². The minimum Gasteiger partial charge on any atom is -0.456 e. The topological polar surface area (TPSA) is 43.4 Å². The Bertz CT molecular complexity index is 1170. The van der Waals surface area contributed by atoms with E-state index in [4.69, 9.17) is 20.4 Å². The molecule has 0 radical (unpaired) electrons. The van der Waals surface area contributed by atoms with E-state index in [1.807, 2.05) is 45.0 Å². The molecule has 3 nitrogen and oxygen atoms in total. The smallest absolute Gasteiger partial charge is 0.336 e. The largest absolute Gasteiger partial charge is 0.456 e. The minimum absolute atomic E-state index is 0.387. The van der Waals surface area contributed by atoms with Crippen LogP contribution in [-0.2, 0) is 0 Å². The number of fused-ring (bicyclic) bond motifs is 2. The van der Waals surface area contributed by atoms with Crippen molar-refractivity contribution >= 4 is 33.5 Å². The summed E-state index contributed by atoms with van der Waals surface area (Å²) in [6.07, 6.45) is 0. The third kappa shape index (κ3) is 2.24. The van der Waals surface area contributed by atoms with Crippen molar-refractivity contribution in [3.8, 4) is 11.3 Å². The Balaban J connectivity index is 2.14. The average molecular weight is 339 g/mol. The molecule has 120 valence electrons. The molecule has 0 bridgehead atoms. The van der Waals surface area contributed by atoms with E-state index in [0.29, 0.717) is 16.4 Å². The van der Waals surface area contributed by atoms with Gasteiger partial charge in [0.15, 0.2) is 0 Å². The van der Waals surface area contributed by atoms with Crippen molar-refractivity contribution in [2.75, 3.05) is 0 Å². The van der Waals surface area contributed by atoms with Crippen molar-refractivity contribution < 1.29 is 8.83 Å². The van der Waals surface area contributed by atoms with Crippen LogP contribution in [0.3, 0.4) is 0 Å². The van der Waals surface area contributed by atoms with Crippen molar-refractivity contribution in [3.05, 3.63) is 68.5 Å². The molecule has 0 aliphatic heterocycles. The van der Waals surface area contributed by atoms with E-state index >= 15 is 0 Å². The maximum atomic E-state index is 12.1. The molecule has 0 aliphatic carbocycles. The Hall–Kier alpha value is -2.52. The van der Waals surface area contributed by atoms with E-state index in [-0.39, 0.29) is 5.63 Å². The molecule has 0 unspecified atom stereocenters. The Morgan fingerprint density at radius 2 is 1.71 bits per heavy atom. The van der Waals surface area contributed by atoms with Gasteiger partial charge in [-0.05, 0) is 56.2 Å². The van der Waals surface area contributed by atoms with Gasteiger partial charge >= 0.3 is 5.63 Å². The standard InChI is InChI=1S/C20H15ClO3/c1-10-6-11(2)19-15(7-10)16(9-18(22)24-19)20-12(3)14-8-13(21)4-5-17(14)23-20/h4-9H,1-3H3. The van der Waals surface area contributed by atoms with Crippen LogP contribution in [0.25, 0.3) is 33.3 Å². The number of rotatable bonds is 1. The Morgan fingerprint density at radius 1 is 0.917 bits per heavy atom. The summed E-state index contributed by atoms with van der Waals surface area (Å²) >= 11 is 6.10. The lowest BCUT2D eigenvalue weighted by Gasteiger charge is -2.07. The quantitative estimate of drug-likeness (QED) is 0.413. The second kappa shape index (κ2) is 5.25. The highest BCUT2D eigenvalue weighted by atomic mass is 35.5. The van der Waals surface area contributed by atoms with E-state index in [1.54, 1.807) is 6.07 Å². The molecule has 4 heteroatoms. The zero-order valence-electron chi connectivity index (χ0n) is 13.6. The first-order valence-electron chi connectivity index (χ1n) is 7.68. The van der Waals surface area contributed by atoms with E-state index in [2.05, 4.69) is 0 Å².